The van der Waals surface area contributed by atoms with Crippen LogP contribution in [-0.4, -0.2) is 41.5 Å². The molecule has 1 unspecified atom stereocenters. The Morgan fingerprint density at radius 2 is 2.41 bits per heavy atom. The molecule has 0 amide bonds. The molecule has 0 radical (unpaired) electrons. The summed E-state index contributed by atoms with van der Waals surface area (Å²) in [6.07, 6.45) is 3.08. The average molecular weight is 253 g/mol. The molecule has 4 heteroatoms. The van der Waals surface area contributed by atoms with Crippen molar-refractivity contribution in [3.8, 4) is 0 Å². The number of aliphatic hydroxyl groups excluding tert-OH is 1. The molecule has 1 aromatic heterocycles. The molecule has 3 nitrogen and oxygen atoms in total. The Hall–Kier alpha value is -0.710. The van der Waals surface area contributed by atoms with Crippen molar-refractivity contribution in [2.24, 2.45) is 0 Å². The van der Waals surface area contributed by atoms with E-state index in [1.165, 1.54) is 4.88 Å². The molecule has 2 rings (SSSR count). The average Bonchev–Trinajstić information content (AvgIpc) is 2.96. The summed E-state index contributed by atoms with van der Waals surface area (Å²) < 4.78 is 0. The molecular formula is C13H19NO2S. The van der Waals surface area contributed by atoms with E-state index in [4.69, 9.17) is 0 Å². The highest BCUT2D eigenvalue weighted by Gasteiger charge is 2.26. The molecule has 2 heterocycles. The van der Waals surface area contributed by atoms with Gasteiger partial charge in [-0.1, -0.05) is 6.92 Å². The molecule has 0 spiro atoms. The summed E-state index contributed by atoms with van der Waals surface area (Å²) in [5, 5.41) is 9.21. The first-order valence-corrected chi connectivity index (χ1v) is 7.03. The summed E-state index contributed by atoms with van der Waals surface area (Å²) in [6, 6.07) is 4.14. The number of hydrogen-bond acceptors (Lipinski definition) is 4. The molecule has 1 aromatic rings. The Balaban J connectivity index is 1.96. The van der Waals surface area contributed by atoms with E-state index in [2.05, 4.69) is 11.8 Å². The largest absolute Gasteiger partial charge is 0.395 e. The fourth-order valence-corrected chi connectivity index (χ4v) is 3.17. The van der Waals surface area contributed by atoms with E-state index in [9.17, 15) is 9.90 Å². The van der Waals surface area contributed by atoms with E-state index in [1.54, 1.807) is 11.3 Å². The van der Waals surface area contributed by atoms with Crippen LogP contribution in [0.15, 0.2) is 12.1 Å². The van der Waals surface area contributed by atoms with Gasteiger partial charge in [-0.2, -0.15) is 0 Å². The van der Waals surface area contributed by atoms with Crippen LogP contribution in [0.3, 0.4) is 0 Å². The van der Waals surface area contributed by atoms with Gasteiger partial charge in [0.2, 0.25) is 0 Å². The lowest BCUT2D eigenvalue weighted by Crippen LogP contribution is -2.36. The number of aryl methyl sites for hydroxylation is 1. The maximum absolute atomic E-state index is 12.1. The lowest BCUT2D eigenvalue weighted by atomic mass is 10.2. The van der Waals surface area contributed by atoms with E-state index >= 15 is 0 Å². The van der Waals surface area contributed by atoms with Crippen molar-refractivity contribution >= 4 is 17.1 Å². The van der Waals surface area contributed by atoms with Gasteiger partial charge in [-0.15, -0.1) is 11.3 Å². The van der Waals surface area contributed by atoms with Crippen molar-refractivity contribution in [3.63, 3.8) is 0 Å². The minimum absolute atomic E-state index is 0.165. The number of aliphatic hydroxyl groups is 1. The van der Waals surface area contributed by atoms with Gasteiger partial charge in [-0.3, -0.25) is 9.69 Å². The number of Topliss-reactive ketones (excluding diaryl/α,β-unsaturated/α-hetero) is 1. The second kappa shape index (κ2) is 5.76. The van der Waals surface area contributed by atoms with Gasteiger partial charge < -0.3 is 5.11 Å². The summed E-state index contributed by atoms with van der Waals surface area (Å²) in [5.41, 5.74) is 0. The van der Waals surface area contributed by atoms with Crippen LogP contribution in [0.25, 0.3) is 0 Å². The fourth-order valence-electron chi connectivity index (χ4n) is 2.29. The maximum atomic E-state index is 12.1. The Morgan fingerprint density at radius 3 is 3.06 bits per heavy atom. The van der Waals surface area contributed by atoms with Crippen molar-refractivity contribution < 1.29 is 9.90 Å². The van der Waals surface area contributed by atoms with E-state index in [1.807, 2.05) is 12.1 Å². The fraction of sp³-hybridized carbons (Fsp3) is 0.615. The van der Waals surface area contributed by atoms with Crippen LogP contribution in [0.1, 0.15) is 34.3 Å². The third-order valence-corrected chi connectivity index (χ3v) is 4.61. The minimum Gasteiger partial charge on any atom is -0.395 e. The van der Waals surface area contributed by atoms with Crippen molar-refractivity contribution in [2.45, 2.75) is 32.2 Å². The van der Waals surface area contributed by atoms with Crippen LogP contribution in [-0.2, 0) is 6.42 Å². The molecule has 1 fully saturated rings. The molecule has 0 aromatic carbocycles. The Morgan fingerprint density at radius 1 is 1.59 bits per heavy atom. The lowest BCUT2D eigenvalue weighted by Gasteiger charge is -2.21. The first-order chi connectivity index (χ1) is 8.24. The van der Waals surface area contributed by atoms with Crippen LogP contribution < -0.4 is 0 Å². The van der Waals surface area contributed by atoms with Gasteiger partial charge in [-0.25, -0.2) is 0 Å². The number of ketones is 1. The summed E-state index contributed by atoms with van der Waals surface area (Å²) in [4.78, 5) is 16.3. The van der Waals surface area contributed by atoms with Gasteiger partial charge in [0.1, 0.15) is 0 Å². The predicted molar refractivity (Wildman–Crippen MR) is 69.7 cm³/mol. The quantitative estimate of drug-likeness (QED) is 0.815. The lowest BCUT2D eigenvalue weighted by molar-refractivity contribution is 0.0892. The molecular weight excluding hydrogens is 234 g/mol. The summed E-state index contributed by atoms with van der Waals surface area (Å²) >= 11 is 1.59. The first kappa shape index (κ1) is 12.7. The summed E-state index contributed by atoms with van der Waals surface area (Å²) in [7, 11) is 0. The number of hydrogen-bond donors (Lipinski definition) is 1. The highest BCUT2D eigenvalue weighted by Crippen LogP contribution is 2.21. The van der Waals surface area contributed by atoms with Crippen LogP contribution in [0.5, 0.6) is 0 Å². The monoisotopic (exact) mass is 253 g/mol. The van der Waals surface area contributed by atoms with Gasteiger partial charge in [0, 0.05) is 10.9 Å². The van der Waals surface area contributed by atoms with Crippen LogP contribution in [0, 0.1) is 0 Å². The van der Waals surface area contributed by atoms with Crippen molar-refractivity contribution in [1.82, 2.24) is 4.90 Å². The van der Waals surface area contributed by atoms with Crippen LogP contribution in [0.4, 0.5) is 0 Å². The number of rotatable bonds is 5. The van der Waals surface area contributed by atoms with E-state index < -0.39 is 0 Å². The zero-order valence-electron chi connectivity index (χ0n) is 10.2. The molecule has 1 atom stereocenters. The maximum Gasteiger partial charge on any atom is 0.186 e. The molecule has 1 N–H and O–H groups in total. The second-order valence-electron chi connectivity index (χ2n) is 4.49. The van der Waals surface area contributed by atoms with Crippen LogP contribution >= 0.6 is 11.3 Å². The molecule has 1 aliphatic rings. The Kier molecular flexibility index (Phi) is 4.31. The molecule has 0 bridgehead atoms. The molecule has 0 saturated carbocycles. The smallest absolute Gasteiger partial charge is 0.186 e. The number of likely N-dealkylation sites (tertiary alicyclic amines) is 1. The van der Waals surface area contributed by atoms with Gasteiger partial charge in [0.25, 0.3) is 0 Å². The van der Waals surface area contributed by atoms with Gasteiger partial charge >= 0.3 is 0 Å². The molecule has 94 valence electrons. The van der Waals surface area contributed by atoms with E-state index in [0.29, 0.717) is 6.54 Å². The van der Waals surface area contributed by atoms with Gasteiger partial charge in [-0.05, 0) is 37.9 Å². The topological polar surface area (TPSA) is 40.5 Å². The number of carbonyl (C=O) groups excluding carboxylic acids is 1. The zero-order chi connectivity index (χ0) is 12.3. The SMILES string of the molecule is CCc1ccc(C(=O)CN2CCCC2CO)s1. The Bertz CT molecular complexity index is 389. The molecule has 0 aliphatic carbocycles. The molecule has 1 saturated heterocycles. The van der Waals surface area contributed by atoms with E-state index in [0.717, 1.165) is 30.7 Å². The van der Waals surface area contributed by atoms with Crippen molar-refractivity contribution in [1.29, 1.82) is 0 Å². The van der Waals surface area contributed by atoms with Crippen molar-refractivity contribution in [3.05, 3.63) is 21.9 Å². The zero-order valence-corrected chi connectivity index (χ0v) is 11.0. The highest BCUT2D eigenvalue weighted by atomic mass is 32.1. The van der Waals surface area contributed by atoms with Gasteiger partial charge in [0.15, 0.2) is 5.78 Å². The third-order valence-electron chi connectivity index (χ3n) is 3.34. The van der Waals surface area contributed by atoms with Crippen LogP contribution in [0.2, 0.25) is 0 Å². The predicted octanol–water partition coefficient (Wildman–Crippen LogP) is 1.95. The third kappa shape index (κ3) is 2.94. The number of nitrogens with zero attached hydrogens (tertiary/aromatic N) is 1. The second-order valence-corrected chi connectivity index (χ2v) is 5.66. The minimum atomic E-state index is 0.165. The van der Waals surface area contributed by atoms with Gasteiger partial charge in [0.05, 0.1) is 18.0 Å². The van der Waals surface area contributed by atoms with Crippen molar-refractivity contribution in [2.75, 3.05) is 19.7 Å². The number of thiophene rings is 1. The normalized spacial score (nSPS) is 20.9. The summed E-state index contributed by atoms with van der Waals surface area (Å²) in [5.74, 6) is 0.190. The molecule has 17 heavy (non-hydrogen) atoms. The Labute approximate surface area is 106 Å². The standard InChI is InChI=1S/C13H19NO2S/c1-2-11-5-6-13(17-11)12(16)8-14-7-3-4-10(14)9-15/h5-6,10,15H,2-4,7-9H2,1H3. The first-order valence-electron chi connectivity index (χ1n) is 6.21. The molecule has 1 aliphatic heterocycles. The van der Waals surface area contributed by atoms with E-state index in [-0.39, 0.29) is 18.4 Å². The highest BCUT2D eigenvalue weighted by molar-refractivity contribution is 7.14. The number of carbonyl (C=O) groups is 1. The summed E-state index contributed by atoms with van der Waals surface area (Å²) in [6.45, 7) is 3.65.